The molecule has 164 valence electrons. The van der Waals surface area contributed by atoms with Crippen LogP contribution in [0, 0.1) is 11.3 Å². The summed E-state index contributed by atoms with van der Waals surface area (Å²) < 4.78 is 1.64. The highest BCUT2D eigenvalue weighted by Crippen LogP contribution is 2.35. The standard InChI is InChI=1S/C23H24ClN7O/c1-29(2)23-26-13-19(16-6-7-20(24)18(11-16)12-25)22(28-23)17-5-3-9-30(14-17)21(32)15-31-10-4-8-27-31/h4,6-8,10-11,13,17H,3,5,9,14-15H2,1-2H3/t17-/m0/s1. The van der Waals surface area contributed by atoms with E-state index >= 15 is 0 Å². The number of nitrogens with zero attached hydrogens (tertiary/aromatic N) is 7. The first-order chi connectivity index (χ1) is 15.5. The SMILES string of the molecule is CN(C)c1ncc(-c2ccc(Cl)c(C#N)c2)c([C@H]2CCCN(C(=O)Cn3cccn3)C2)n1. The molecule has 1 aromatic carbocycles. The molecule has 1 aliphatic heterocycles. The van der Waals surface area contributed by atoms with Crippen LogP contribution in [-0.4, -0.2) is 57.7 Å². The van der Waals surface area contributed by atoms with Crippen LogP contribution in [0.3, 0.4) is 0 Å². The van der Waals surface area contributed by atoms with Gasteiger partial charge < -0.3 is 9.80 Å². The molecule has 0 bridgehead atoms. The van der Waals surface area contributed by atoms with Crippen molar-refractivity contribution in [2.45, 2.75) is 25.3 Å². The first-order valence-electron chi connectivity index (χ1n) is 10.5. The highest BCUT2D eigenvalue weighted by atomic mass is 35.5. The van der Waals surface area contributed by atoms with Gasteiger partial charge in [-0.3, -0.25) is 9.48 Å². The fourth-order valence-electron chi connectivity index (χ4n) is 3.97. The Morgan fingerprint density at radius 2 is 2.22 bits per heavy atom. The van der Waals surface area contributed by atoms with Crippen molar-refractivity contribution in [1.29, 1.82) is 5.26 Å². The summed E-state index contributed by atoms with van der Waals surface area (Å²) in [7, 11) is 3.80. The summed E-state index contributed by atoms with van der Waals surface area (Å²) in [5.74, 6) is 0.710. The van der Waals surface area contributed by atoms with E-state index in [9.17, 15) is 10.1 Å². The number of anilines is 1. The van der Waals surface area contributed by atoms with Gasteiger partial charge in [-0.1, -0.05) is 17.7 Å². The number of benzene rings is 1. The molecule has 1 fully saturated rings. The molecule has 8 nitrogen and oxygen atoms in total. The van der Waals surface area contributed by atoms with E-state index in [0.29, 0.717) is 23.1 Å². The van der Waals surface area contributed by atoms with E-state index in [4.69, 9.17) is 16.6 Å². The lowest BCUT2D eigenvalue weighted by Gasteiger charge is -2.33. The summed E-state index contributed by atoms with van der Waals surface area (Å²) in [4.78, 5) is 26.0. The van der Waals surface area contributed by atoms with Crippen LogP contribution in [0.1, 0.15) is 30.0 Å². The maximum absolute atomic E-state index is 12.9. The molecule has 0 spiro atoms. The lowest BCUT2D eigenvalue weighted by Crippen LogP contribution is -2.41. The Bertz CT molecular complexity index is 1150. The maximum atomic E-state index is 12.9. The van der Waals surface area contributed by atoms with Gasteiger partial charge in [0.2, 0.25) is 11.9 Å². The van der Waals surface area contributed by atoms with Crippen molar-refractivity contribution in [2.24, 2.45) is 0 Å². The summed E-state index contributed by atoms with van der Waals surface area (Å²) in [6.07, 6.45) is 7.07. The molecule has 0 radical (unpaired) electrons. The van der Waals surface area contributed by atoms with Crippen molar-refractivity contribution >= 4 is 23.5 Å². The molecule has 9 heteroatoms. The Hall–Kier alpha value is -3.44. The quantitative estimate of drug-likeness (QED) is 0.593. The summed E-state index contributed by atoms with van der Waals surface area (Å²) in [5.41, 5.74) is 2.99. The molecule has 4 rings (SSSR count). The Balaban J connectivity index is 1.67. The second-order valence-corrected chi connectivity index (χ2v) is 8.46. The highest BCUT2D eigenvalue weighted by Gasteiger charge is 2.28. The van der Waals surface area contributed by atoms with Gasteiger partial charge >= 0.3 is 0 Å². The molecule has 1 atom stereocenters. The number of hydrogen-bond acceptors (Lipinski definition) is 6. The van der Waals surface area contributed by atoms with Crippen LogP contribution in [0.15, 0.2) is 42.9 Å². The summed E-state index contributed by atoms with van der Waals surface area (Å²) in [6.45, 7) is 1.52. The third kappa shape index (κ3) is 4.58. The van der Waals surface area contributed by atoms with Gasteiger partial charge in [-0.25, -0.2) is 9.97 Å². The van der Waals surface area contributed by atoms with Crippen LogP contribution < -0.4 is 4.90 Å². The van der Waals surface area contributed by atoms with Gasteiger partial charge in [0.05, 0.1) is 16.3 Å². The topological polar surface area (TPSA) is 90.9 Å². The number of carbonyl (C=O) groups excluding carboxylic acids is 1. The molecule has 2 aromatic heterocycles. The van der Waals surface area contributed by atoms with E-state index < -0.39 is 0 Å². The van der Waals surface area contributed by atoms with Crippen LogP contribution in [-0.2, 0) is 11.3 Å². The molecule has 0 unspecified atom stereocenters. The third-order valence-electron chi connectivity index (χ3n) is 5.62. The maximum Gasteiger partial charge on any atom is 0.244 e. The number of nitriles is 1. The van der Waals surface area contributed by atoms with E-state index in [1.807, 2.05) is 36.0 Å². The van der Waals surface area contributed by atoms with Crippen molar-refractivity contribution in [2.75, 3.05) is 32.1 Å². The third-order valence-corrected chi connectivity index (χ3v) is 5.95. The monoisotopic (exact) mass is 449 g/mol. The summed E-state index contributed by atoms with van der Waals surface area (Å²) in [6, 6.07) is 9.31. The second-order valence-electron chi connectivity index (χ2n) is 8.05. The average molecular weight is 450 g/mol. The minimum Gasteiger partial charge on any atom is -0.347 e. The van der Waals surface area contributed by atoms with Crippen LogP contribution in [0.25, 0.3) is 11.1 Å². The first-order valence-corrected chi connectivity index (χ1v) is 10.8. The molecule has 0 saturated carbocycles. The van der Waals surface area contributed by atoms with Gasteiger partial charge in [0, 0.05) is 57.3 Å². The lowest BCUT2D eigenvalue weighted by molar-refractivity contribution is -0.133. The van der Waals surface area contributed by atoms with Crippen molar-refractivity contribution in [1.82, 2.24) is 24.6 Å². The molecule has 0 N–H and O–H groups in total. The summed E-state index contributed by atoms with van der Waals surface area (Å²) >= 11 is 6.14. The van der Waals surface area contributed by atoms with Gasteiger partial charge in [-0.05, 0) is 36.6 Å². The van der Waals surface area contributed by atoms with Crippen molar-refractivity contribution in [3.63, 3.8) is 0 Å². The highest BCUT2D eigenvalue weighted by molar-refractivity contribution is 6.31. The van der Waals surface area contributed by atoms with Crippen LogP contribution >= 0.6 is 11.6 Å². The molecule has 1 aliphatic rings. The second kappa shape index (κ2) is 9.37. The molecule has 0 aliphatic carbocycles. The summed E-state index contributed by atoms with van der Waals surface area (Å²) in [5, 5.41) is 14.0. The average Bonchev–Trinajstić information content (AvgIpc) is 3.32. The Labute approximate surface area is 192 Å². The van der Waals surface area contributed by atoms with E-state index in [0.717, 1.165) is 36.2 Å². The molecule has 3 aromatic rings. The predicted octanol–water partition coefficient (Wildman–Crippen LogP) is 3.34. The van der Waals surface area contributed by atoms with Gasteiger partial charge in [0.15, 0.2) is 0 Å². The van der Waals surface area contributed by atoms with Gasteiger partial charge in [-0.2, -0.15) is 10.4 Å². The lowest BCUT2D eigenvalue weighted by atomic mass is 9.89. The minimum atomic E-state index is 0.0418. The van der Waals surface area contributed by atoms with Crippen LogP contribution in [0.4, 0.5) is 5.95 Å². The number of hydrogen-bond donors (Lipinski definition) is 0. The number of likely N-dealkylation sites (tertiary alicyclic amines) is 1. The molecule has 3 heterocycles. The van der Waals surface area contributed by atoms with Gasteiger partial charge in [-0.15, -0.1) is 0 Å². The van der Waals surface area contributed by atoms with Crippen LogP contribution in [0.5, 0.6) is 0 Å². The number of amides is 1. The Kier molecular flexibility index (Phi) is 6.37. The normalized spacial score (nSPS) is 15.9. The zero-order chi connectivity index (χ0) is 22.7. The number of halogens is 1. The van der Waals surface area contributed by atoms with Gasteiger partial charge in [0.25, 0.3) is 0 Å². The zero-order valence-electron chi connectivity index (χ0n) is 18.1. The fourth-order valence-corrected chi connectivity index (χ4v) is 4.13. The van der Waals surface area contributed by atoms with Crippen molar-refractivity contribution < 1.29 is 4.79 Å². The molecular formula is C23H24ClN7O. The largest absolute Gasteiger partial charge is 0.347 e. The molecule has 32 heavy (non-hydrogen) atoms. The number of carbonyl (C=O) groups is 1. The number of aromatic nitrogens is 4. The van der Waals surface area contributed by atoms with Crippen molar-refractivity contribution in [3.05, 3.63) is 59.1 Å². The number of piperidine rings is 1. The van der Waals surface area contributed by atoms with E-state index in [2.05, 4.69) is 16.2 Å². The van der Waals surface area contributed by atoms with Crippen molar-refractivity contribution in [3.8, 4) is 17.2 Å². The number of rotatable bonds is 5. The van der Waals surface area contributed by atoms with Crippen LogP contribution in [0.2, 0.25) is 5.02 Å². The fraction of sp³-hybridized carbons (Fsp3) is 0.348. The smallest absolute Gasteiger partial charge is 0.244 e. The first kappa shape index (κ1) is 21.8. The van der Waals surface area contributed by atoms with E-state index in [1.54, 1.807) is 35.4 Å². The molecule has 1 amide bonds. The van der Waals surface area contributed by atoms with Gasteiger partial charge in [0.1, 0.15) is 12.6 Å². The molecular weight excluding hydrogens is 426 g/mol. The predicted molar refractivity (Wildman–Crippen MR) is 122 cm³/mol. The molecule has 1 saturated heterocycles. The minimum absolute atomic E-state index is 0.0418. The Morgan fingerprint density at radius 1 is 1.38 bits per heavy atom. The Morgan fingerprint density at radius 3 is 2.94 bits per heavy atom. The zero-order valence-corrected chi connectivity index (χ0v) is 18.8. The van der Waals surface area contributed by atoms with E-state index in [1.165, 1.54) is 0 Å². The van der Waals surface area contributed by atoms with E-state index in [-0.39, 0.29) is 18.4 Å².